The van der Waals surface area contributed by atoms with Gasteiger partial charge in [-0.1, -0.05) is 16.8 Å². The first-order chi connectivity index (χ1) is 10.1. The molecule has 7 heteroatoms. The Morgan fingerprint density at radius 3 is 2.67 bits per heavy atom. The summed E-state index contributed by atoms with van der Waals surface area (Å²) in [6.45, 7) is 0.515. The normalized spacial score (nSPS) is 15.8. The Morgan fingerprint density at radius 2 is 2.10 bits per heavy atom. The molecular formula is C14H16ClN3O3. The molecule has 6 nitrogen and oxygen atoms in total. The summed E-state index contributed by atoms with van der Waals surface area (Å²) in [4.78, 5) is 4.44. The first-order valence-electron chi connectivity index (χ1n) is 6.59. The van der Waals surface area contributed by atoms with Crippen molar-refractivity contribution in [3.8, 4) is 22.9 Å². The van der Waals surface area contributed by atoms with Crippen LogP contribution in [-0.2, 0) is 5.41 Å². The molecule has 0 amide bonds. The molecular weight excluding hydrogens is 294 g/mol. The predicted octanol–water partition coefficient (Wildman–Crippen LogP) is 2.40. The first kappa shape index (κ1) is 14.2. The van der Waals surface area contributed by atoms with Gasteiger partial charge in [-0.3, -0.25) is 0 Å². The maximum Gasteiger partial charge on any atom is 0.234 e. The molecule has 1 aliphatic rings. The van der Waals surface area contributed by atoms with Gasteiger partial charge >= 0.3 is 0 Å². The number of halogens is 1. The molecule has 1 saturated carbocycles. The van der Waals surface area contributed by atoms with Crippen LogP contribution in [0.5, 0.6) is 11.5 Å². The smallest absolute Gasteiger partial charge is 0.234 e. The highest BCUT2D eigenvalue weighted by Crippen LogP contribution is 2.47. The number of rotatable bonds is 5. The van der Waals surface area contributed by atoms with Crippen LogP contribution in [0.15, 0.2) is 16.7 Å². The highest BCUT2D eigenvalue weighted by molar-refractivity contribution is 6.32. The van der Waals surface area contributed by atoms with E-state index >= 15 is 0 Å². The van der Waals surface area contributed by atoms with Crippen molar-refractivity contribution in [2.24, 2.45) is 5.73 Å². The molecule has 0 radical (unpaired) electrons. The van der Waals surface area contributed by atoms with Crippen molar-refractivity contribution in [3.63, 3.8) is 0 Å². The molecule has 2 N–H and O–H groups in total. The van der Waals surface area contributed by atoms with Crippen molar-refractivity contribution in [2.75, 3.05) is 20.8 Å². The van der Waals surface area contributed by atoms with Crippen molar-refractivity contribution < 1.29 is 14.0 Å². The zero-order valence-electron chi connectivity index (χ0n) is 11.9. The number of benzene rings is 1. The summed E-state index contributed by atoms with van der Waals surface area (Å²) in [6, 6.07) is 3.49. The SMILES string of the molecule is COc1cc(-c2noc(C3(CN)CC3)n2)cc(Cl)c1OC. The first-order valence-corrected chi connectivity index (χ1v) is 6.97. The fourth-order valence-electron chi connectivity index (χ4n) is 2.26. The molecule has 1 heterocycles. The Bertz CT molecular complexity index is 667. The third-order valence-electron chi connectivity index (χ3n) is 3.82. The monoisotopic (exact) mass is 309 g/mol. The number of hydrogen-bond acceptors (Lipinski definition) is 6. The van der Waals surface area contributed by atoms with E-state index in [0.717, 1.165) is 12.8 Å². The summed E-state index contributed by atoms with van der Waals surface area (Å²) in [5.41, 5.74) is 6.35. The fourth-order valence-corrected chi connectivity index (χ4v) is 2.55. The molecule has 0 bridgehead atoms. The summed E-state index contributed by atoms with van der Waals surface area (Å²) >= 11 is 6.19. The quantitative estimate of drug-likeness (QED) is 0.913. The maximum absolute atomic E-state index is 6.19. The molecule has 1 fully saturated rings. The minimum Gasteiger partial charge on any atom is -0.493 e. The van der Waals surface area contributed by atoms with Crippen LogP contribution in [0.3, 0.4) is 0 Å². The summed E-state index contributed by atoms with van der Waals surface area (Å²) in [5.74, 6) is 2.05. The van der Waals surface area contributed by atoms with E-state index in [0.29, 0.717) is 40.3 Å². The van der Waals surface area contributed by atoms with Gasteiger partial charge < -0.3 is 19.7 Å². The van der Waals surface area contributed by atoms with Gasteiger partial charge in [-0.2, -0.15) is 4.98 Å². The zero-order valence-corrected chi connectivity index (χ0v) is 12.6. The van der Waals surface area contributed by atoms with Gasteiger partial charge in [0.2, 0.25) is 11.7 Å². The van der Waals surface area contributed by atoms with E-state index in [1.165, 1.54) is 7.11 Å². The summed E-state index contributed by atoms with van der Waals surface area (Å²) in [5, 5.41) is 4.44. The number of nitrogens with zero attached hydrogens (tertiary/aromatic N) is 2. The number of nitrogens with two attached hydrogens (primary N) is 1. The van der Waals surface area contributed by atoms with Crippen molar-refractivity contribution >= 4 is 11.6 Å². The Kier molecular flexibility index (Phi) is 3.51. The number of hydrogen-bond donors (Lipinski definition) is 1. The van der Waals surface area contributed by atoms with E-state index in [4.69, 9.17) is 31.3 Å². The van der Waals surface area contributed by atoms with Gasteiger partial charge in [0.1, 0.15) is 0 Å². The van der Waals surface area contributed by atoms with Crippen LogP contribution >= 0.6 is 11.6 Å². The highest BCUT2D eigenvalue weighted by atomic mass is 35.5. The van der Waals surface area contributed by atoms with Crippen LogP contribution in [0.2, 0.25) is 5.02 Å². The van der Waals surface area contributed by atoms with E-state index in [1.807, 2.05) is 0 Å². The van der Waals surface area contributed by atoms with Crippen LogP contribution in [0.1, 0.15) is 18.7 Å². The molecule has 0 spiro atoms. The van der Waals surface area contributed by atoms with Gasteiger partial charge in [0.05, 0.1) is 24.7 Å². The van der Waals surface area contributed by atoms with Gasteiger partial charge in [0.25, 0.3) is 0 Å². The molecule has 0 unspecified atom stereocenters. The maximum atomic E-state index is 6.19. The van der Waals surface area contributed by atoms with Gasteiger partial charge in [0.15, 0.2) is 11.5 Å². The van der Waals surface area contributed by atoms with Gasteiger partial charge in [-0.05, 0) is 25.0 Å². The van der Waals surface area contributed by atoms with Crippen molar-refractivity contribution in [2.45, 2.75) is 18.3 Å². The Hall–Kier alpha value is -1.79. The van der Waals surface area contributed by atoms with Crippen molar-refractivity contribution in [3.05, 3.63) is 23.0 Å². The fraction of sp³-hybridized carbons (Fsp3) is 0.429. The van der Waals surface area contributed by atoms with Crippen molar-refractivity contribution in [1.82, 2.24) is 10.1 Å². The lowest BCUT2D eigenvalue weighted by Gasteiger charge is -2.10. The standard InChI is InChI=1S/C14H16ClN3O3/c1-19-10-6-8(5-9(15)11(10)20-2)12-17-13(21-18-12)14(7-16)3-4-14/h5-6H,3-4,7,16H2,1-2H3. The largest absolute Gasteiger partial charge is 0.493 e. The molecule has 1 aromatic heterocycles. The Balaban J connectivity index is 1.99. The van der Waals surface area contributed by atoms with Crippen LogP contribution in [-0.4, -0.2) is 30.9 Å². The Labute approximate surface area is 127 Å². The zero-order chi connectivity index (χ0) is 15.0. The van der Waals surface area contributed by atoms with E-state index in [9.17, 15) is 0 Å². The second-order valence-electron chi connectivity index (χ2n) is 5.10. The van der Waals surface area contributed by atoms with Crippen molar-refractivity contribution in [1.29, 1.82) is 0 Å². The lowest BCUT2D eigenvalue weighted by molar-refractivity contribution is 0.347. The Morgan fingerprint density at radius 1 is 1.33 bits per heavy atom. The van der Waals surface area contributed by atoms with Gasteiger partial charge in [-0.25, -0.2) is 0 Å². The number of methoxy groups -OCH3 is 2. The predicted molar refractivity (Wildman–Crippen MR) is 77.8 cm³/mol. The minimum absolute atomic E-state index is 0.133. The molecule has 0 saturated heterocycles. The van der Waals surface area contributed by atoms with Crippen LogP contribution in [0.4, 0.5) is 0 Å². The highest BCUT2D eigenvalue weighted by Gasteiger charge is 2.48. The molecule has 112 valence electrons. The molecule has 3 rings (SSSR count). The summed E-state index contributed by atoms with van der Waals surface area (Å²) < 4.78 is 15.8. The average molecular weight is 310 g/mol. The second-order valence-corrected chi connectivity index (χ2v) is 5.51. The van der Waals surface area contributed by atoms with E-state index in [2.05, 4.69) is 10.1 Å². The molecule has 1 aromatic carbocycles. The van der Waals surface area contributed by atoms with Crippen LogP contribution in [0.25, 0.3) is 11.4 Å². The molecule has 0 atom stereocenters. The van der Waals surface area contributed by atoms with E-state index in [1.54, 1.807) is 19.2 Å². The van der Waals surface area contributed by atoms with E-state index < -0.39 is 0 Å². The molecule has 21 heavy (non-hydrogen) atoms. The summed E-state index contributed by atoms with van der Waals surface area (Å²) in [6.07, 6.45) is 1.97. The third kappa shape index (κ3) is 2.34. The number of aromatic nitrogens is 2. The summed E-state index contributed by atoms with van der Waals surface area (Å²) in [7, 11) is 3.08. The number of ether oxygens (including phenoxy) is 2. The molecule has 0 aliphatic heterocycles. The topological polar surface area (TPSA) is 83.4 Å². The van der Waals surface area contributed by atoms with Gasteiger partial charge in [-0.15, -0.1) is 0 Å². The van der Waals surface area contributed by atoms with E-state index in [-0.39, 0.29) is 5.41 Å². The molecule has 1 aliphatic carbocycles. The minimum atomic E-state index is -0.133. The average Bonchev–Trinajstić information content (AvgIpc) is 3.15. The van der Waals surface area contributed by atoms with Gasteiger partial charge in [0, 0.05) is 12.1 Å². The lowest BCUT2D eigenvalue weighted by atomic mass is 10.1. The van der Waals surface area contributed by atoms with Crippen LogP contribution < -0.4 is 15.2 Å². The molecule has 2 aromatic rings. The second kappa shape index (κ2) is 5.20. The van der Waals surface area contributed by atoms with Crippen LogP contribution in [0, 0.1) is 0 Å². The third-order valence-corrected chi connectivity index (χ3v) is 4.10. The lowest BCUT2D eigenvalue weighted by Crippen LogP contribution is -2.19.